The standard InChI is InChI=1S/C11H20N2O4S/c1-18-7-4-9(10(15)16)12-11(17)13(5-6-14)8-2-3-8/h8-9,14H,2-7H2,1H3,(H,12,17)(H,15,16). The molecule has 1 fully saturated rings. The van der Waals surface area contributed by atoms with Crippen LogP contribution in [0.1, 0.15) is 19.3 Å². The maximum absolute atomic E-state index is 11.9. The van der Waals surface area contributed by atoms with Gasteiger partial charge in [-0.15, -0.1) is 0 Å². The lowest BCUT2D eigenvalue weighted by Crippen LogP contribution is -2.49. The summed E-state index contributed by atoms with van der Waals surface area (Å²) >= 11 is 1.54. The van der Waals surface area contributed by atoms with Gasteiger partial charge in [0.05, 0.1) is 6.61 Å². The van der Waals surface area contributed by atoms with Gasteiger partial charge in [-0.1, -0.05) is 0 Å². The van der Waals surface area contributed by atoms with E-state index < -0.39 is 12.0 Å². The van der Waals surface area contributed by atoms with E-state index in [1.165, 1.54) is 4.90 Å². The minimum atomic E-state index is -1.02. The normalized spacial score (nSPS) is 16.1. The molecule has 1 atom stereocenters. The van der Waals surface area contributed by atoms with Crippen LogP contribution in [-0.4, -0.2) is 64.4 Å². The fraction of sp³-hybridized carbons (Fsp3) is 0.818. The molecule has 0 aromatic rings. The number of hydrogen-bond acceptors (Lipinski definition) is 4. The molecule has 1 saturated carbocycles. The van der Waals surface area contributed by atoms with Crippen molar-refractivity contribution in [3.63, 3.8) is 0 Å². The summed E-state index contributed by atoms with van der Waals surface area (Å²) < 4.78 is 0. The van der Waals surface area contributed by atoms with E-state index in [4.69, 9.17) is 10.2 Å². The van der Waals surface area contributed by atoms with E-state index in [9.17, 15) is 9.59 Å². The quantitative estimate of drug-likeness (QED) is 0.595. The second kappa shape index (κ2) is 7.48. The Bertz CT molecular complexity index is 297. The molecule has 1 unspecified atom stereocenters. The van der Waals surface area contributed by atoms with Crippen LogP contribution in [0.3, 0.4) is 0 Å². The van der Waals surface area contributed by atoms with Gasteiger partial charge in [0.15, 0.2) is 0 Å². The van der Waals surface area contributed by atoms with Crippen LogP contribution in [0.4, 0.5) is 4.79 Å². The third-order valence-corrected chi connectivity index (χ3v) is 3.44. The molecule has 6 nitrogen and oxygen atoms in total. The molecule has 0 aromatic carbocycles. The predicted octanol–water partition coefficient (Wildman–Crippen LogP) is 0.359. The van der Waals surface area contributed by atoms with Gasteiger partial charge in [0.2, 0.25) is 0 Å². The van der Waals surface area contributed by atoms with E-state index in [0.717, 1.165) is 12.8 Å². The van der Waals surface area contributed by atoms with Crippen molar-refractivity contribution in [3.8, 4) is 0 Å². The zero-order chi connectivity index (χ0) is 13.5. The van der Waals surface area contributed by atoms with E-state index in [1.807, 2.05) is 6.26 Å². The minimum Gasteiger partial charge on any atom is -0.480 e. The molecule has 0 aliphatic heterocycles. The highest BCUT2D eigenvalue weighted by atomic mass is 32.2. The second-order valence-corrected chi connectivity index (χ2v) is 5.26. The number of aliphatic hydroxyl groups is 1. The molecule has 0 saturated heterocycles. The van der Waals surface area contributed by atoms with Crippen LogP contribution in [0.15, 0.2) is 0 Å². The summed E-state index contributed by atoms with van der Waals surface area (Å²) in [5, 5.41) is 20.4. The smallest absolute Gasteiger partial charge is 0.326 e. The summed E-state index contributed by atoms with van der Waals surface area (Å²) in [4.78, 5) is 24.5. The number of carboxylic acids is 1. The van der Waals surface area contributed by atoms with Crippen LogP contribution in [-0.2, 0) is 4.79 Å². The first-order chi connectivity index (χ1) is 8.60. The fourth-order valence-corrected chi connectivity index (χ4v) is 2.14. The molecule has 1 rings (SSSR count). The van der Waals surface area contributed by atoms with Gasteiger partial charge in [-0.25, -0.2) is 9.59 Å². The molecule has 1 aliphatic rings. The number of carbonyl (C=O) groups excluding carboxylic acids is 1. The number of rotatable bonds is 8. The van der Waals surface area contributed by atoms with Gasteiger partial charge in [0, 0.05) is 12.6 Å². The number of carboxylic acid groups (broad SMARTS) is 1. The third kappa shape index (κ3) is 4.73. The Labute approximate surface area is 111 Å². The average Bonchev–Trinajstić information content (AvgIpc) is 3.14. The summed E-state index contributed by atoms with van der Waals surface area (Å²) in [6.45, 7) is 0.151. The van der Waals surface area contributed by atoms with Crippen molar-refractivity contribution in [1.29, 1.82) is 0 Å². The van der Waals surface area contributed by atoms with Gasteiger partial charge < -0.3 is 20.4 Å². The first kappa shape index (κ1) is 15.1. The van der Waals surface area contributed by atoms with E-state index in [0.29, 0.717) is 12.2 Å². The van der Waals surface area contributed by atoms with Crippen LogP contribution < -0.4 is 5.32 Å². The molecule has 104 valence electrons. The number of nitrogens with one attached hydrogen (secondary N) is 1. The third-order valence-electron chi connectivity index (χ3n) is 2.80. The molecule has 0 radical (unpaired) electrons. The van der Waals surface area contributed by atoms with Crippen LogP contribution in [0.2, 0.25) is 0 Å². The summed E-state index contributed by atoms with van der Waals surface area (Å²) in [6, 6.07) is -1.09. The number of aliphatic hydroxyl groups excluding tert-OH is 1. The van der Waals surface area contributed by atoms with Crippen LogP contribution in [0, 0.1) is 0 Å². The van der Waals surface area contributed by atoms with Crippen molar-refractivity contribution in [2.45, 2.75) is 31.3 Å². The SMILES string of the molecule is CSCCC(NC(=O)N(CCO)C1CC1)C(=O)O. The monoisotopic (exact) mass is 276 g/mol. The Morgan fingerprint density at radius 2 is 2.17 bits per heavy atom. The summed E-state index contributed by atoms with van der Waals surface area (Å²) in [5.41, 5.74) is 0. The Balaban J connectivity index is 2.49. The maximum atomic E-state index is 11.9. The molecule has 0 spiro atoms. The largest absolute Gasteiger partial charge is 0.480 e. The topological polar surface area (TPSA) is 89.9 Å². The van der Waals surface area contributed by atoms with Crippen molar-refractivity contribution in [3.05, 3.63) is 0 Å². The Hall–Kier alpha value is -0.950. The maximum Gasteiger partial charge on any atom is 0.326 e. The summed E-state index contributed by atoms with van der Waals surface area (Å²) in [7, 11) is 0. The van der Waals surface area contributed by atoms with Crippen LogP contribution in [0.25, 0.3) is 0 Å². The fourth-order valence-electron chi connectivity index (χ4n) is 1.67. The highest BCUT2D eigenvalue weighted by Gasteiger charge is 2.33. The second-order valence-electron chi connectivity index (χ2n) is 4.27. The zero-order valence-corrected chi connectivity index (χ0v) is 11.3. The lowest BCUT2D eigenvalue weighted by atomic mass is 10.2. The molecular formula is C11H20N2O4S. The summed E-state index contributed by atoms with van der Waals surface area (Å²) in [5.74, 6) is -0.335. The first-order valence-corrected chi connectivity index (χ1v) is 7.39. The molecule has 0 aromatic heterocycles. The Morgan fingerprint density at radius 1 is 1.50 bits per heavy atom. The van der Waals surface area contributed by atoms with Crippen molar-refractivity contribution >= 4 is 23.8 Å². The Kier molecular flexibility index (Phi) is 6.28. The molecule has 0 heterocycles. The summed E-state index contributed by atoms with van der Waals surface area (Å²) in [6.07, 6.45) is 4.15. The number of carbonyl (C=O) groups is 2. The minimum absolute atomic E-state index is 0.105. The van der Waals surface area contributed by atoms with Crippen molar-refractivity contribution in [2.75, 3.05) is 25.2 Å². The molecule has 0 bridgehead atoms. The van der Waals surface area contributed by atoms with Gasteiger partial charge in [-0.05, 0) is 31.3 Å². The lowest BCUT2D eigenvalue weighted by molar-refractivity contribution is -0.139. The number of nitrogens with zero attached hydrogens (tertiary/aromatic N) is 1. The number of urea groups is 1. The van der Waals surface area contributed by atoms with Gasteiger partial charge in [-0.3, -0.25) is 0 Å². The highest BCUT2D eigenvalue weighted by molar-refractivity contribution is 7.98. The average molecular weight is 276 g/mol. The number of thioether (sulfide) groups is 1. The molecular weight excluding hydrogens is 256 g/mol. The van der Waals surface area contributed by atoms with Crippen molar-refractivity contribution in [2.24, 2.45) is 0 Å². The van der Waals surface area contributed by atoms with Gasteiger partial charge in [0.1, 0.15) is 6.04 Å². The first-order valence-electron chi connectivity index (χ1n) is 6.00. The molecule has 3 N–H and O–H groups in total. The lowest BCUT2D eigenvalue weighted by Gasteiger charge is -2.24. The number of amides is 2. The van der Waals surface area contributed by atoms with E-state index in [1.54, 1.807) is 11.8 Å². The van der Waals surface area contributed by atoms with E-state index in [-0.39, 0.29) is 25.2 Å². The highest BCUT2D eigenvalue weighted by Crippen LogP contribution is 2.26. The molecule has 2 amide bonds. The Morgan fingerprint density at radius 3 is 2.61 bits per heavy atom. The van der Waals surface area contributed by atoms with Gasteiger partial charge in [-0.2, -0.15) is 11.8 Å². The van der Waals surface area contributed by atoms with Crippen LogP contribution >= 0.6 is 11.8 Å². The van der Waals surface area contributed by atoms with Crippen molar-refractivity contribution < 1.29 is 19.8 Å². The molecule has 18 heavy (non-hydrogen) atoms. The van der Waals surface area contributed by atoms with Crippen molar-refractivity contribution in [1.82, 2.24) is 10.2 Å². The molecule has 7 heteroatoms. The van der Waals surface area contributed by atoms with Gasteiger partial charge >= 0.3 is 12.0 Å². The zero-order valence-electron chi connectivity index (χ0n) is 10.5. The molecule has 1 aliphatic carbocycles. The van der Waals surface area contributed by atoms with Gasteiger partial charge in [0.25, 0.3) is 0 Å². The number of aliphatic carboxylic acids is 1. The van der Waals surface area contributed by atoms with Crippen LogP contribution in [0.5, 0.6) is 0 Å². The number of hydrogen-bond donors (Lipinski definition) is 3. The van der Waals surface area contributed by atoms with E-state index >= 15 is 0 Å². The van der Waals surface area contributed by atoms with E-state index in [2.05, 4.69) is 5.32 Å². The predicted molar refractivity (Wildman–Crippen MR) is 69.8 cm³/mol.